The summed E-state index contributed by atoms with van der Waals surface area (Å²) in [6.45, 7) is 5.92. The highest BCUT2D eigenvalue weighted by molar-refractivity contribution is 5.78. The van der Waals surface area contributed by atoms with E-state index in [1.807, 2.05) is 0 Å². The SMILES string of the molecule is CC1CCCCC1NC(=O)CN1CC(CO)OCC1C. The van der Waals surface area contributed by atoms with Gasteiger partial charge in [0, 0.05) is 18.6 Å². The van der Waals surface area contributed by atoms with Gasteiger partial charge in [-0.05, 0) is 25.7 Å². The first-order valence-corrected chi connectivity index (χ1v) is 7.86. The van der Waals surface area contributed by atoms with E-state index in [0.29, 0.717) is 31.7 Å². The van der Waals surface area contributed by atoms with Crippen LogP contribution in [0.2, 0.25) is 0 Å². The highest BCUT2D eigenvalue weighted by Gasteiger charge is 2.28. The molecule has 5 heteroatoms. The second-order valence-electron chi connectivity index (χ2n) is 6.35. The minimum absolute atomic E-state index is 0.0184. The van der Waals surface area contributed by atoms with E-state index in [1.54, 1.807) is 0 Å². The molecule has 0 aromatic heterocycles. The van der Waals surface area contributed by atoms with Gasteiger partial charge < -0.3 is 15.2 Å². The number of morpholine rings is 1. The van der Waals surface area contributed by atoms with E-state index in [9.17, 15) is 9.90 Å². The lowest BCUT2D eigenvalue weighted by Crippen LogP contribution is -2.54. The van der Waals surface area contributed by atoms with Crippen molar-refractivity contribution >= 4 is 5.91 Å². The van der Waals surface area contributed by atoms with E-state index in [0.717, 1.165) is 6.42 Å². The van der Waals surface area contributed by atoms with Crippen LogP contribution in [0.3, 0.4) is 0 Å². The average Bonchev–Trinajstić information content (AvgIpc) is 2.44. The van der Waals surface area contributed by atoms with Crippen LogP contribution in [-0.4, -0.2) is 60.4 Å². The van der Waals surface area contributed by atoms with Crippen LogP contribution in [0.5, 0.6) is 0 Å². The predicted molar refractivity (Wildman–Crippen MR) is 77.4 cm³/mol. The maximum Gasteiger partial charge on any atom is 0.234 e. The molecule has 0 aromatic carbocycles. The predicted octanol–water partition coefficient (Wildman–Crippen LogP) is 0.763. The van der Waals surface area contributed by atoms with E-state index in [2.05, 4.69) is 24.1 Å². The van der Waals surface area contributed by atoms with Crippen LogP contribution in [0, 0.1) is 5.92 Å². The third-order valence-corrected chi connectivity index (χ3v) is 4.64. The van der Waals surface area contributed by atoms with Gasteiger partial charge in [-0.15, -0.1) is 0 Å². The lowest BCUT2D eigenvalue weighted by Gasteiger charge is -2.37. The number of aliphatic hydroxyl groups excluding tert-OH is 1. The Morgan fingerprint density at radius 1 is 1.35 bits per heavy atom. The number of carbonyl (C=O) groups is 1. The second kappa shape index (κ2) is 7.38. The molecular formula is C15H28N2O3. The Morgan fingerprint density at radius 2 is 2.10 bits per heavy atom. The van der Waals surface area contributed by atoms with Gasteiger partial charge in [0.2, 0.25) is 5.91 Å². The molecule has 1 aliphatic heterocycles. The number of carbonyl (C=O) groups excluding carboxylic acids is 1. The number of amides is 1. The fraction of sp³-hybridized carbons (Fsp3) is 0.933. The van der Waals surface area contributed by atoms with Crippen molar-refractivity contribution in [3.05, 3.63) is 0 Å². The maximum absolute atomic E-state index is 12.2. The van der Waals surface area contributed by atoms with Crippen LogP contribution < -0.4 is 5.32 Å². The summed E-state index contributed by atoms with van der Waals surface area (Å²) in [4.78, 5) is 14.3. The number of rotatable bonds is 4. The number of nitrogens with zero attached hydrogens (tertiary/aromatic N) is 1. The quantitative estimate of drug-likeness (QED) is 0.800. The Morgan fingerprint density at radius 3 is 2.80 bits per heavy atom. The Bertz CT molecular complexity index is 324. The van der Waals surface area contributed by atoms with E-state index in [4.69, 9.17) is 4.74 Å². The molecule has 1 saturated heterocycles. The maximum atomic E-state index is 12.2. The summed E-state index contributed by atoms with van der Waals surface area (Å²) in [7, 11) is 0. The lowest BCUT2D eigenvalue weighted by molar-refractivity contribution is -0.128. The zero-order valence-electron chi connectivity index (χ0n) is 12.7. The van der Waals surface area contributed by atoms with Crippen LogP contribution in [-0.2, 0) is 9.53 Å². The molecule has 2 rings (SSSR count). The molecule has 5 nitrogen and oxygen atoms in total. The van der Waals surface area contributed by atoms with Gasteiger partial charge >= 0.3 is 0 Å². The normalized spacial score (nSPS) is 35.8. The molecule has 1 amide bonds. The first-order valence-electron chi connectivity index (χ1n) is 7.86. The van der Waals surface area contributed by atoms with Crippen molar-refractivity contribution in [2.75, 3.05) is 26.3 Å². The van der Waals surface area contributed by atoms with Crippen LogP contribution in [0.4, 0.5) is 0 Å². The van der Waals surface area contributed by atoms with E-state index in [-0.39, 0.29) is 24.7 Å². The Kier molecular flexibility index (Phi) is 5.81. The second-order valence-corrected chi connectivity index (χ2v) is 6.35. The molecule has 0 aromatic rings. The molecule has 4 unspecified atom stereocenters. The van der Waals surface area contributed by atoms with Crippen LogP contribution >= 0.6 is 0 Å². The molecule has 0 bridgehead atoms. The first-order chi connectivity index (χ1) is 9.60. The summed E-state index contributed by atoms with van der Waals surface area (Å²) in [5.41, 5.74) is 0. The number of nitrogens with one attached hydrogen (secondary N) is 1. The standard InChI is InChI=1S/C15H28N2O3/c1-11-5-3-4-6-14(11)16-15(19)8-17-7-13(9-18)20-10-12(17)2/h11-14,18H,3-10H2,1-2H3,(H,16,19). The van der Waals surface area contributed by atoms with Crippen molar-refractivity contribution < 1.29 is 14.6 Å². The van der Waals surface area contributed by atoms with Gasteiger partial charge in [-0.2, -0.15) is 0 Å². The molecule has 0 radical (unpaired) electrons. The van der Waals surface area contributed by atoms with E-state index >= 15 is 0 Å². The van der Waals surface area contributed by atoms with Crippen LogP contribution in [0.15, 0.2) is 0 Å². The van der Waals surface area contributed by atoms with E-state index in [1.165, 1.54) is 19.3 Å². The van der Waals surface area contributed by atoms with Gasteiger partial charge in [0.15, 0.2) is 0 Å². The molecule has 1 heterocycles. The minimum Gasteiger partial charge on any atom is -0.394 e. The molecule has 0 spiro atoms. The Balaban J connectivity index is 1.80. The molecule has 2 N–H and O–H groups in total. The third kappa shape index (κ3) is 4.17. The summed E-state index contributed by atoms with van der Waals surface area (Å²) < 4.78 is 5.49. The largest absolute Gasteiger partial charge is 0.394 e. The van der Waals surface area contributed by atoms with Crippen molar-refractivity contribution in [1.82, 2.24) is 10.2 Å². The summed E-state index contributed by atoms with van der Waals surface area (Å²) in [5.74, 6) is 0.689. The van der Waals surface area contributed by atoms with Gasteiger partial charge in [-0.3, -0.25) is 9.69 Å². The van der Waals surface area contributed by atoms with Crippen molar-refractivity contribution in [3.63, 3.8) is 0 Å². The van der Waals surface area contributed by atoms with Gasteiger partial charge in [0.05, 0.1) is 25.9 Å². The fourth-order valence-corrected chi connectivity index (χ4v) is 3.17. The van der Waals surface area contributed by atoms with Crippen molar-refractivity contribution in [1.29, 1.82) is 0 Å². The smallest absolute Gasteiger partial charge is 0.234 e. The summed E-state index contributed by atoms with van der Waals surface area (Å²) in [6.07, 6.45) is 4.66. The molecule has 1 aliphatic carbocycles. The molecule has 1 saturated carbocycles. The van der Waals surface area contributed by atoms with E-state index < -0.39 is 0 Å². The molecule has 4 atom stereocenters. The van der Waals surface area contributed by atoms with Gasteiger partial charge in [0.1, 0.15) is 0 Å². The van der Waals surface area contributed by atoms with Crippen LogP contribution in [0.1, 0.15) is 39.5 Å². The van der Waals surface area contributed by atoms with Crippen LogP contribution in [0.25, 0.3) is 0 Å². The Hall–Kier alpha value is -0.650. The monoisotopic (exact) mass is 284 g/mol. The number of aliphatic hydroxyl groups is 1. The average molecular weight is 284 g/mol. The van der Waals surface area contributed by atoms with Crippen molar-refractivity contribution in [2.45, 2.75) is 57.7 Å². The van der Waals surface area contributed by atoms with Crippen molar-refractivity contribution in [2.24, 2.45) is 5.92 Å². The third-order valence-electron chi connectivity index (χ3n) is 4.64. The lowest BCUT2D eigenvalue weighted by atomic mass is 9.86. The number of hydrogen-bond acceptors (Lipinski definition) is 4. The molecular weight excluding hydrogens is 256 g/mol. The highest BCUT2D eigenvalue weighted by atomic mass is 16.5. The van der Waals surface area contributed by atoms with Gasteiger partial charge in [-0.25, -0.2) is 0 Å². The highest BCUT2D eigenvalue weighted by Crippen LogP contribution is 2.23. The molecule has 2 aliphatic rings. The van der Waals surface area contributed by atoms with Gasteiger partial charge in [-0.1, -0.05) is 19.8 Å². The zero-order chi connectivity index (χ0) is 14.5. The summed E-state index contributed by atoms with van der Waals surface area (Å²) in [5, 5.41) is 12.4. The first kappa shape index (κ1) is 15.7. The number of ether oxygens (including phenoxy) is 1. The van der Waals surface area contributed by atoms with Crippen molar-refractivity contribution in [3.8, 4) is 0 Å². The minimum atomic E-state index is -0.160. The molecule has 2 fully saturated rings. The van der Waals surface area contributed by atoms with Gasteiger partial charge in [0.25, 0.3) is 0 Å². The topological polar surface area (TPSA) is 61.8 Å². The Labute approximate surface area is 121 Å². The molecule has 116 valence electrons. The molecule has 20 heavy (non-hydrogen) atoms. The summed E-state index contributed by atoms with van der Waals surface area (Å²) in [6, 6.07) is 0.563. The number of hydrogen-bond donors (Lipinski definition) is 2. The fourth-order valence-electron chi connectivity index (χ4n) is 3.17. The zero-order valence-corrected chi connectivity index (χ0v) is 12.7. The summed E-state index contributed by atoms with van der Waals surface area (Å²) >= 11 is 0.